The first-order chi connectivity index (χ1) is 10.6. The Balaban J connectivity index is 0.00000264. The highest BCUT2D eigenvalue weighted by Gasteiger charge is 2.05. The molecule has 0 spiro atoms. The largest absolute Gasteiger partial charge is 0.352 e. The molecule has 0 amide bonds. The lowest BCUT2D eigenvalue weighted by atomic mass is 10.1. The molecule has 0 fully saturated rings. The van der Waals surface area contributed by atoms with Crippen molar-refractivity contribution < 1.29 is 0 Å². The third-order valence-corrected chi connectivity index (χ3v) is 4.15. The van der Waals surface area contributed by atoms with Crippen molar-refractivity contribution in [2.24, 2.45) is 12.0 Å². The van der Waals surface area contributed by atoms with Gasteiger partial charge in [0.05, 0.1) is 6.54 Å². The Kier molecular flexibility index (Phi) is 8.38. The quantitative estimate of drug-likeness (QED) is 0.320. The first-order valence-corrected chi connectivity index (χ1v) is 8.27. The number of rotatable bonds is 5. The van der Waals surface area contributed by atoms with Gasteiger partial charge in [0.15, 0.2) is 5.96 Å². The molecule has 1 aromatic heterocycles. The second kappa shape index (κ2) is 9.76. The molecule has 6 nitrogen and oxygen atoms in total. The van der Waals surface area contributed by atoms with Gasteiger partial charge in [-0.15, -0.1) is 35.7 Å². The summed E-state index contributed by atoms with van der Waals surface area (Å²) in [5, 5.41) is 10.6. The van der Waals surface area contributed by atoms with Gasteiger partial charge < -0.3 is 10.6 Å². The predicted molar refractivity (Wildman–Crippen MR) is 106 cm³/mol. The van der Waals surface area contributed by atoms with E-state index in [1.54, 1.807) is 29.8 Å². The summed E-state index contributed by atoms with van der Waals surface area (Å²) in [4.78, 5) is 9.70. The molecule has 0 bridgehead atoms. The van der Waals surface area contributed by atoms with Crippen LogP contribution in [0.1, 0.15) is 17.0 Å². The van der Waals surface area contributed by atoms with E-state index in [2.05, 4.69) is 57.1 Å². The predicted octanol–water partition coefficient (Wildman–Crippen LogP) is 2.33. The molecule has 0 aliphatic heterocycles. The third-order valence-electron chi connectivity index (χ3n) is 3.33. The van der Waals surface area contributed by atoms with E-state index in [1.165, 1.54) is 16.0 Å². The Morgan fingerprint density at radius 3 is 2.65 bits per heavy atom. The zero-order valence-electron chi connectivity index (χ0n) is 13.8. The van der Waals surface area contributed by atoms with E-state index in [0.717, 1.165) is 18.3 Å². The maximum atomic E-state index is 4.24. The van der Waals surface area contributed by atoms with Gasteiger partial charge in [-0.3, -0.25) is 9.67 Å². The fourth-order valence-corrected chi connectivity index (χ4v) is 2.75. The molecule has 0 unspecified atom stereocenters. The average molecular weight is 446 g/mol. The molecule has 2 N–H and O–H groups in total. The van der Waals surface area contributed by atoms with Crippen molar-refractivity contribution in [3.05, 3.63) is 41.5 Å². The Bertz CT molecular complexity index is 655. The molecule has 2 rings (SSSR count). The number of guanidine groups is 1. The van der Waals surface area contributed by atoms with Gasteiger partial charge >= 0.3 is 0 Å². The molecule has 0 atom stereocenters. The maximum absolute atomic E-state index is 4.24. The fraction of sp³-hybridized carbons (Fsp3) is 0.400. The summed E-state index contributed by atoms with van der Waals surface area (Å²) >= 11 is 1.76. The number of hydrogen-bond donors (Lipinski definition) is 2. The second-order valence-corrected chi connectivity index (χ2v) is 5.74. The number of nitrogens with one attached hydrogen (secondary N) is 2. The van der Waals surface area contributed by atoms with E-state index in [1.807, 2.05) is 7.05 Å². The molecule has 0 radical (unpaired) electrons. The van der Waals surface area contributed by atoms with Crippen molar-refractivity contribution in [2.75, 3.05) is 13.3 Å². The van der Waals surface area contributed by atoms with Crippen LogP contribution in [0.25, 0.3) is 0 Å². The molecule has 2 aromatic rings. The van der Waals surface area contributed by atoms with Gasteiger partial charge in [-0.1, -0.05) is 12.1 Å². The van der Waals surface area contributed by atoms with E-state index < -0.39 is 0 Å². The minimum Gasteiger partial charge on any atom is -0.352 e. The number of halogens is 1. The molecule has 1 heterocycles. The molecular weight excluding hydrogens is 423 g/mol. The molecule has 23 heavy (non-hydrogen) atoms. The van der Waals surface area contributed by atoms with Gasteiger partial charge in [0.25, 0.3) is 0 Å². The van der Waals surface area contributed by atoms with Crippen LogP contribution in [0.4, 0.5) is 0 Å². The van der Waals surface area contributed by atoms with Crippen LogP contribution in [0.2, 0.25) is 0 Å². The number of nitrogens with zero attached hydrogens (tertiary/aromatic N) is 4. The molecule has 0 saturated heterocycles. The van der Waals surface area contributed by atoms with E-state index in [9.17, 15) is 0 Å². The van der Waals surface area contributed by atoms with Gasteiger partial charge in [-0.2, -0.15) is 5.10 Å². The Hall–Kier alpha value is -1.29. The van der Waals surface area contributed by atoms with Crippen LogP contribution in [-0.4, -0.2) is 34.0 Å². The van der Waals surface area contributed by atoms with E-state index in [-0.39, 0.29) is 24.0 Å². The van der Waals surface area contributed by atoms with Crippen LogP contribution in [0.3, 0.4) is 0 Å². The lowest BCUT2D eigenvalue weighted by molar-refractivity contribution is 0.672. The summed E-state index contributed by atoms with van der Waals surface area (Å²) in [7, 11) is 3.63. The number of hydrogen-bond acceptors (Lipinski definition) is 4. The number of thioether (sulfide) groups is 1. The van der Waals surface area contributed by atoms with Gasteiger partial charge in [0.2, 0.25) is 0 Å². The molecule has 0 aliphatic carbocycles. The number of benzene rings is 1. The number of aliphatic imine (C=N–C) groups is 1. The lowest BCUT2D eigenvalue weighted by Crippen LogP contribution is -2.37. The van der Waals surface area contributed by atoms with Crippen molar-refractivity contribution in [1.82, 2.24) is 25.4 Å². The van der Waals surface area contributed by atoms with Crippen molar-refractivity contribution in [2.45, 2.75) is 24.9 Å². The van der Waals surface area contributed by atoms with Crippen molar-refractivity contribution in [3.8, 4) is 0 Å². The molecule has 8 heteroatoms. The van der Waals surface area contributed by atoms with E-state index in [0.29, 0.717) is 6.54 Å². The third kappa shape index (κ3) is 5.69. The fourth-order valence-electron chi connectivity index (χ4n) is 2.04. The molecular formula is C15H23IN6S. The first kappa shape index (κ1) is 19.8. The first-order valence-electron chi connectivity index (χ1n) is 7.05. The van der Waals surface area contributed by atoms with Gasteiger partial charge in [0, 0.05) is 25.5 Å². The summed E-state index contributed by atoms with van der Waals surface area (Å²) in [5.41, 5.74) is 2.54. The zero-order valence-corrected chi connectivity index (χ0v) is 17.0. The summed E-state index contributed by atoms with van der Waals surface area (Å²) in [6.07, 6.45) is 3.64. The van der Waals surface area contributed by atoms with Gasteiger partial charge in [-0.25, -0.2) is 4.98 Å². The molecule has 0 saturated carbocycles. The normalized spacial score (nSPS) is 11.0. The summed E-state index contributed by atoms with van der Waals surface area (Å²) in [5.74, 6) is 1.61. The smallest absolute Gasteiger partial charge is 0.191 e. The SMILES string of the molecule is CN=C(NCc1ccc(C)cc1SC)NCc1ncnn1C.I. The van der Waals surface area contributed by atoms with Gasteiger partial charge in [-0.05, 0) is 30.4 Å². The van der Waals surface area contributed by atoms with Crippen LogP contribution in [0, 0.1) is 6.92 Å². The summed E-state index contributed by atoms with van der Waals surface area (Å²) in [6.45, 7) is 3.42. The average Bonchev–Trinajstić information content (AvgIpc) is 2.93. The minimum atomic E-state index is 0. The highest BCUT2D eigenvalue weighted by molar-refractivity contribution is 14.0. The van der Waals surface area contributed by atoms with E-state index in [4.69, 9.17) is 0 Å². The van der Waals surface area contributed by atoms with Crippen molar-refractivity contribution in [3.63, 3.8) is 0 Å². The minimum absolute atomic E-state index is 0. The van der Waals surface area contributed by atoms with Crippen LogP contribution in [-0.2, 0) is 20.1 Å². The lowest BCUT2D eigenvalue weighted by Gasteiger charge is -2.13. The maximum Gasteiger partial charge on any atom is 0.191 e. The molecule has 1 aromatic carbocycles. The van der Waals surface area contributed by atoms with Gasteiger partial charge in [0.1, 0.15) is 12.2 Å². The number of aryl methyl sites for hydroxylation is 2. The Labute approximate surface area is 158 Å². The van der Waals surface area contributed by atoms with Crippen LogP contribution in [0.15, 0.2) is 34.4 Å². The summed E-state index contributed by atoms with van der Waals surface area (Å²) < 4.78 is 1.74. The number of aromatic nitrogens is 3. The van der Waals surface area contributed by atoms with Crippen LogP contribution >= 0.6 is 35.7 Å². The highest BCUT2D eigenvalue weighted by atomic mass is 127. The Morgan fingerprint density at radius 2 is 2.04 bits per heavy atom. The molecule has 0 aliphatic rings. The van der Waals surface area contributed by atoms with Crippen LogP contribution in [0.5, 0.6) is 0 Å². The van der Waals surface area contributed by atoms with Crippen molar-refractivity contribution >= 4 is 41.7 Å². The molecule has 126 valence electrons. The van der Waals surface area contributed by atoms with E-state index >= 15 is 0 Å². The topological polar surface area (TPSA) is 67.1 Å². The Morgan fingerprint density at radius 1 is 1.30 bits per heavy atom. The second-order valence-electron chi connectivity index (χ2n) is 4.89. The van der Waals surface area contributed by atoms with Crippen molar-refractivity contribution in [1.29, 1.82) is 0 Å². The summed E-state index contributed by atoms with van der Waals surface area (Å²) in [6, 6.07) is 6.49. The monoisotopic (exact) mass is 446 g/mol. The zero-order chi connectivity index (χ0) is 15.9. The van der Waals surface area contributed by atoms with Crippen LogP contribution < -0.4 is 10.6 Å². The highest BCUT2D eigenvalue weighted by Crippen LogP contribution is 2.21. The standard InChI is InChI=1S/C15H22N6S.HI/c1-11-5-6-12(13(7-11)22-4)8-17-15(16-2)18-9-14-19-10-20-21(14)3;/h5-7,10H,8-9H2,1-4H3,(H2,16,17,18);1H.